The van der Waals surface area contributed by atoms with Gasteiger partial charge in [0, 0.05) is 19.8 Å². The molecule has 1 atom stereocenters. The Balaban J connectivity index is 2.19. The van der Waals surface area contributed by atoms with Gasteiger partial charge in [0.05, 0.1) is 11.8 Å². The van der Waals surface area contributed by atoms with Crippen molar-refractivity contribution in [3.05, 3.63) is 0 Å². The van der Waals surface area contributed by atoms with Crippen LogP contribution in [0.25, 0.3) is 0 Å². The fourth-order valence-electron chi connectivity index (χ4n) is 1.62. The van der Waals surface area contributed by atoms with Crippen molar-refractivity contribution in [2.75, 3.05) is 32.1 Å². The minimum absolute atomic E-state index is 0.106. The van der Waals surface area contributed by atoms with Crippen molar-refractivity contribution in [2.24, 2.45) is 0 Å². The zero-order chi connectivity index (χ0) is 11.5. The van der Waals surface area contributed by atoms with Gasteiger partial charge in [-0.2, -0.15) is 0 Å². The number of nitrogens with zero attached hydrogens (tertiary/aromatic N) is 1. The Morgan fingerprint density at radius 1 is 1.53 bits per heavy atom. The maximum absolute atomic E-state index is 11.4. The molecule has 1 aliphatic rings. The summed E-state index contributed by atoms with van der Waals surface area (Å²) in [6, 6.07) is -0.116. The molecule has 1 fully saturated rings. The van der Waals surface area contributed by atoms with Crippen LogP contribution in [0.15, 0.2) is 0 Å². The van der Waals surface area contributed by atoms with E-state index < -0.39 is 9.84 Å². The van der Waals surface area contributed by atoms with E-state index in [1.165, 1.54) is 6.26 Å². The molecule has 5 nitrogen and oxygen atoms in total. The van der Waals surface area contributed by atoms with E-state index in [0.717, 1.165) is 13.0 Å². The predicted molar refractivity (Wildman–Crippen MR) is 58.4 cm³/mol. The number of sulfone groups is 1. The average molecular weight is 234 g/mol. The zero-order valence-corrected chi connectivity index (χ0v) is 10.0. The second kappa shape index (κ2) is 4.94. The van der Waals surface area contributed by atoms with Crippen molar-refractivity contribution in [3.8, 4) is 0 Å². The van der Waals surface area contributed by atoms with Crippen molar-refractivity contribution in [2.45, 2.75) is 18.9 Å². The van der Waals surface area contributed by atoms with Gasteiger partial charge >= 0.3 is 0 Å². The fraction of sp³-hybridized carbons (Fsp3) is 0.889. The molecular formula is C9H18N2O3S. The molecule has 1 saturated heterocycles. The Bertz CT molecular complexity index is 326. The first-order valence-corrected chi connectivity index (χ1v) is 7.12. The lowest BCUT2D eigenvalue weighted by molar-refractivity contribution is -0.128. The van der Waals surface area contributed by atoms with Crippen molar-refractivity contribution in [1.29, 1.82) is 0 Å². The average Bonchev–Trinajstić information content (AvgIpc) is 2.42. The molecule has 6 heteroatoms. The van der Waals surface area contributed by atoms with Gasteiger partial charge < -0.3 is 10.2 Å². The predicted octanol–water partition coefficient (Wildman–Crippen LogP) is -0.759. The van der Waals surface area contributed by atoms with Crippen LogP contribution in [0.3, 0.4) is 0 Å². The van der Waals surface area contributed by atoms with E-state index in [2.05, 4.69) is 5.32 Å². The van der Waals surface area contributed by atoms with Gasteiger partial charge in [0.15, 0.2) is 0 Å². The Labute approximate surface area is 90.7 Å². The summed E-state index contributed by atoms with van der Waals surface area (Å²) in [6.07, 6.45) is 2.60. The smallest absolute Gasteiger partial charge is 0.239 e. The Morgan fingerprint density at radius 3 is 2.67 bits per heavy atom. The lowest BCUT2D eigenvalue weighted by Crippen LogP contribution is -2.37. The van der Waals surface area contributed by atoms with Crippen LogP contribution in [-0.4, -0.2) is 57.4 Å². The molecule has 0 aliphatic carbocycles. The van der Waals surface area contributed by atoms with Crippen LogP contribution < -0.4 is 5.32 Å². The second-order valence-corrected chi connectivity index (χ2v) is 6.30. The lowest BCUT2D eigenvalue weighted by Gasteiger charge is -2.11. The van der Waals surface area contributed by atoms with Crippen LogP contribution >= 0.6 is 0 Å². The topological polar surface area (TPSA) is 66.5 Å². The summed E-state index contributed by atoms with van der Waals surface area (Å²) in [7, 11) is -1.10. The third kappa shape index (κ3) is 4.17. The lowest BCUT2D eigenvalue weighted by atomic mass is 10.2. The number of likely N-dealkylation sites (tertiary alicyclic amines) is 1. The highest BCUT2D eigenvalue weighted by molar-refractivity contribution is 7.90. The van der Waals surface area contributed by atoms with Crippen molar-refractivity contribution in [1.82, 2.24) is 10.2 Å². The highest BCUT2D eigenvalue weighted by Crippen LogP contribution is 2.07. The number of hydrogen-bond acceptors (Lipinski definition) is 4. The van der Waals surface area contributed by atoms with E-state index in [1.54, 1.807) is 11.9 Å². The zero-order valence-electron chi connectivity index (χ0n) is 9.19. The highest BCUT2D eigenvalue weighted by Gasteiger charge is 2.27. The van der Waals surface area contributed by atoms with E-state index in [9.17, 15) is 13.2 Å². The van der Waals surface area contributed by atoms with Gasteiger partial charge in [-0.05, 0) is 19.4 Å². The monoisotopic (exact) mass is 234 g/mol. The van der Waals surface area contributed by atoms with E-state index in [-0.39, 0.29) is 17.7 Å². The van der Waals surface area contributed by atoms with E-state index in [4.69, 9.17) is 0 Å². The Kier molecular flexibility index (Phi) is 4.10. The highest BCUT2D eigenvalue weighted by atomic mass is 32.2. The summed E-state index contributed by atoms with van der Waals surface area (Å²) in [5, 5.41) is 3.08. The Hall–Kier alpha value is -0.620. The maximum Gasteiger partial charge on any atom is 0.239 e. The fourth-order valence-corrected chi connectivity index (χ4v) is 2.29. The minimum atomic E-state index is -2.88. The van der Waals surface area contributed by atoms with E-state index in [1.807, 2.05) is 0 Å². The summed E-state index contributed by atoms with van der Waals surface area (Å²) >= 11 is 0. The summed E-state index contributed by atoms with van der Waals surface area (Å²) in [5.41, 5.74) is 0. The van der Waals surface area contributed by atoms with Gasteiger partial charge in [-0.25, -0.2) is 8.42 Å². The number of carbonyl (C=O) groups is 1. The maximum atomic E-state index is 11.4. The molecule has 0 aromatic carbocycles. The minimum Gasteiger partial charge on any atom is -0.344 e. The molecule has 1 unspecified atom stereocenters. The molecule has 0 saturated carbocycles. The van der Waals surface area contributed by atoms with Crippen LogP contribution in [0.1, 0.15) is 12.8 Å². The Morgan fingerprint density at radius 2 is 2.20 bits per heavy atom. The molecule has 0 bridgehead atoms. The van der Waals surface area contributed by atoms with Crippen LogP contribution in [0.2, 0.25) is 0 Å². The number of rotatable bonds is 5. The molecule has 1 N–H and O–H groups in total. The SMILES string of the molecule is CN1CCC(NCCCS(C)(=O)=O)C1=O. The summed E-state index contributed by atoms with van der Waals surface area (Å²) < 4.78 is 21.7. The summed E-state index contributed by atoms with van der Waals surface area (Å²) in [5.74, 6) is 0.283. The first kappa shape index (κ1) is 12.4. The van der Waals surface area contributed by atoms with Gasteiger partial charge in [-0.3, -0.25) is 4.79 Å². The molecule has 1 rings (SSSR count). The summed E-state index contributed by atoms with van der Waals surface area (Å²) in [4.78, 5) is 13.1. The normalized spacial score (nSPS) is 22.4. The molecule has 0 spiro atoms. The van der Waals surface area contributed by atoms with Gasteiger partial charge in [0.1, 0.15) is 9.84 Å². The quantitative estimate of drug-likeness (QED) is 0.635. The number of likely N-dealkylation sites (N-methyl/N-ethyl adjacent to an activating group) is 1. The molecule has 1 amide bonds. The molecule has 0 aromatic heterocycles. The van der Waals surface area contributed by atoms with Crippen LogP contribution in [-0.2, 0) is 14.6 Å². The third-order valence-corrected chi connectivity index (χ3v) is 3.54. The van der Waals surface area contributed by atoms with Crippen molar-refractivity contribution < 1.29 is 13.2 Å². The van der Waals surface area contributed by atoms with Crippen molar-refractivity contribution in [3.63, 3.8) is 0 Å². The number of nitrogens with one attached hydrogen (secondary N) is 1. The molecule has 0 radical (unpaired) electrons. The molecule has 15 heavy (non-hydrogen) atoms. The van der Waals surface area contributed by atoms with Gasteiger partial charge in [0.2, 0.25) is 5.91 Å². The molecule has 1 aliphatic heterocycles. The summed E-state index contributed by atoms with van der Waals surface area (Å²) in [6.45, 7) is 1.36. The third-order valence-electron chi connectivity index (χ3n) is 2.51. The first-order valence-electron chi connectivity index (χ1n) is 5.06. The van der Waals surface area contributed by atoms with Gasteiger partial charge in [-0.15, -0.1) is 0 Å². The van der Waals surface area contributed by atoms with Crippen molar-refractivity contribution >= 4 is 15.7 Å². The molecule has 1 heterocycles. The van der Waals surface area contributed by atoms with E-state index >= 15 is 0 Å². The number of carbonyl (C=O) groups excluding carboxylic acids is 1. The largest absolute Gasteiger partial charge is 0.344 e. The first-order chi connectivity index (χ1) is 6.90. The van der Waals surface area contributed by atoms with Gasteiger partial charge in [-0.1, -0.05) is 0 Å². The van der Waals surface area contributed by atoms with Crippen LogP contribution in [0.4, 0.5) is 0 Å². The molecular weight excluding hydrogens is 216 g/mol. The standard InChI is InChI=1S/C9H18N2O3S/c1-11-6-4-8(9(11)12)10-5-3-7-15(2,13)14/h8,10H,3-7H2,1-2H3. The van der Waals surface area contributed by atoms with Crippen LogP contribution in [0, 0.1) is 0 Å². The van der Waals surface area contributed by atoms with Crippen LogP contribution in [0.5, 0.6) is 0 Å². The number of amides is 1. The van der Waals surface area contributed by atoms with E-state index in [0.29, 0.717) is 13.0 Å². The molecule has 88 valence electrons. The second-order valence-electron chi connectivity index (χ2n) is 4.04. The molecule has 0 aromatic rings. The number of hydrogen-bond donors (Lipinski definition) is 1. The van der Waals surface area contributed by atoms with Gasteiger partial charge in [0.25, 0.3) is 0 Å².